The van der Waals surface area contributed by atoms with E-state index in [1.54, 1.807) is 22.9 Å². The third-order valence-corrected chi connectivity index (χ3v) is 8.38. The molecule has 9 heteroatoms. The fraction of sp³-hybridized carbons (Fsp3) is 0.515. The van der Waals surface area contributed by atoms with Crippen LogP contribution in [0.2, 0.25) is 0 Å². The number of hydrogen-bond acceptors (Lipinski definition) is 5. The maximum Gasteiger partial charge on any atom is 0.418 e. The van der Waals surface area contributed by atoms with E-state index in [1.807, 2.05) is 45.9 Å². The number of carbonyl (C=O) groups excluding carboxylic acids is 2. The van der Waals surface area contributed by atoms with Crippen molar-refractivity contribution in [1.29, 1.82) is 0 Å². The molecule has 5 rings (SSSR count). The van der Waals surface area contributed by atoms with E-state index in [0.717, 1.165) is 34.9 Å². The van der Waals surface area contributed by atoms with Crippen molar-refractivity contribution in [3.63, 3.8) is 0 Å². The van der Waals surface area contributed by atoms with Crippen molar-refractivity contribution in [3.05, 3.63) is 70.4 Å². The van der Waals surface area contributed by atoms with Gasteiger partial charge in [-0.1, -0.05) is 18.2 Å². The van der Waals surface area contributed by atoms with Gasteiger partial charge in [-0.3, -0.25) is 9.47 Å². The number of alkyl halides is 3. The quantitative estimate of drug-likeness (QED) is 0.279. The number of hydrogen-bond donors (Lipinski definition) is 0. The number of esters is 1. The topological polar surface area (TPSA) is 60.8 Å². The van der Waals surface area contributed by atoms with Crippen LogP contribution in [0.4, 0.5) is 18.0 Å². The molecule has 1 aliphatic heterocycles. The van der Waals surface area contributed by atoms with Crippen molar-refractivity contribution in [2.75, 3.05) is 26.7 Å². The number of nitrogens with zero attached hydrogens (tertiary/aromatic N) is 2. The zero-order chi connectivity index (χ0) is 30.4. The van der Waals surface area contributed by atoms with E-state index in [4.69, 9.17) is 9.47 Å². The first-order valence-corrected chi connectivity index (χ1v) is 14.6. The molecule has 0 spiro atoms. The molecule has 0 radical (unpaired) electrons. The molecule has 1 aliphatic carbocycles. The molecule has 1 aromatic heterocycles. The third kappa shape index (κ3) is 6.66. The lowest BCUT2D eigenvalue weighted by Crippen LogP contribution is -2.44. The van der Waals surface area contributed by atoms with Crippen LogP contribution in [-0.2, 0) is 15.9 Å². The second-order valence-electron chi connectivity index (χ2n) is 12.8. The minimum absolute atomic E-state index is 0.0757. The molecule has 6 nitrogen and oxygen atoms in total. The Morgan fingerprint density at radius 2 is 1.71 bits per heavy atom. The van der Waals surface area contributed by atoms with Gasteiger partial charge in [0.15, 0.2) is 0 Å². The lowest BCUT2D eigenvalue weighted by Gasteiger charge is -2.39. The Balaban J connectivity index is 1.53. The number of likely N-dealkylation sites (tertiary alicyclic amines) is 1. The molecule has 0 amide bonds. The smallest absolute Gasteiger partial charge is 0.418 e. The molecule has 2 heterocycles. The van der Waals surface area contributed by atoms with Gasteiger partial charge >= 0.3 is 18.2 Å². The number of aromatic nitrogens is 1. The molecule has 1 saturated carbocycles. The monoisotopic (exact) mass is 584 g/mol. The van der Waals surface area contributed by atoms with Crippen molar-refractivity contribution in [3.8, 4) is 0 Å². The summed E-state index contributed by atoms with van der Waals surface area (Å²) in [7, 11) is 1.32. The molecule has 226 valence electrons. The van der Waals surface area contributed by atoms with Crippen LogP contribution in [0.5, 0.6) is 0 Å². The number of methoxy groups -OCH3 is 1. The Labute approximate surface area is 244 Å². The molecule has 42 heavy (non-hydrogen) atoms. The molecule has 2 atom stereocenters. The molecule has 2 aliphatic rings. The second kappa shape index (κ2) is 11.4. The number of carbonyl (C=O) groups is 2. The third-order valence-electron chi connectivity index (χ3n) is 8.38. The molecule has 0 unspecified atom stereocenters. The summed E-state index contributed by atoms with van der Waals surface area (Å²) in [5.41, 5.74) is 4.94. The lowest BCUT2D eigenvalue weighted by atomic mass is 9.75. The van der Waals surface area contributed by atoms with E-state index in [-0.39, 0.29) is 18.4 Å². The van der Waals surface area contributed by atoms with Crippen LogP contribution in [0.25, 0.3) is 10.9 Å². The summed E-state index contributed by atoms with van der Waals surface area (Å²) in [6.45, 7) is 7.20. The maximum atomic E-state index is 13.4. The first kappa shape index (κ1) is 30.1. The van der Waals surface area contributed by atoms with Gasteiger partial charge in [-0.15, -0.1) is 0 Å². The lowest BCUT2D eigenvalue weighted by molar-refractivity contribution is -0.149. The predicted molar refractivity (Wildman–Crippen MR) is 155 cm³/mol. The Morgan fingerprint density at radius 1 is 1.02 bits per heavy atom. The van der Waals surface area contributed by atoms with Crippen LogP contribution in [0, 0.1) is 12.8 Å². The van der Waals surface area contributed by atoms with Gasteiger partial charge < -0.3 is 9.47 Å². The fourth-order valence-electron chi connectivity index (χ4n) is 6.41. The number of halogens is 3. The summed E-state index contributed by atoms with van der Waals surface area (Å²) in [6.07, 6.45) is 0.547. The minimum atomic E-state index is -4.28. The molecule has 1 saturated heterocycles. The number of fused-ring (bicyclic) bond motifs is 1. The summed E-state index contributed by atoms with van der Waals surface area (Å²) in [6, 6.07) is 11.2. The number of rotatable bonds is 6. The fourth-order valence-corrected chi connectivity index (χ4v) is 6.41. The number of ether oxygens (including phenoxy) is 2. The van der Waals surface area contributed by atoms with Gasteiger partial charge in [0.05, 0.1) is 24.7 Å². The molecule has 3 aromatic rings. The van der Waals surface area contributed by atoms with Gasteiger partial charge in [0.2, 0.25) is 0 Å². The Kier molecular flexibility index (Phi) is 8.18. The van der Waals surface area contributed by atoms with Crippen molar-refractivity contribution in [2.45, 2.75) is 77.0 Å². The molecular weight excluding hydrogens is 545 g/mol. The van der Waals surface area contributed by atoms with E-state index >= 15 is 0 Å². The van der Waals surface area contributed by atoms with Crippen molar-refractivity contribution in [1.82, 2.24) is 9.47 Å². The SMILES string of the molecule is COC(=O)c1ccc([C@@H]2CN(CC(F)(F)F)CC[C@H]2Cc2c(C3CC3)cc(C)c3c2ccn3C(=O)OC(C)(C)C)cc1. The molecule has 2 aromatic carbocycles. The van der Waals surface area contributed by atoms with Gasteiger partial charge in [-0.2, -0.15) is 13.2 Å². The van der Waals surface area contributed by atoms with Crippen molar-refractivity contribution >= 4 is 23.0 Å². The van der Waals surface area contributed by atoms with Crippen molar-refractivity contribution in [2.24, 2.45) is 5.92 Å². The van der Waals surface area contributed by atoms with Crippen LogP contribution in [0.3, 0.4) is 0 Å². The van der Waals surface area contributed by atoms with Crippen LogP contribution in [-0.4, -0.2) is 60.1 Å². The van der Waals surface area contributed by atoms with E-state index in [2.05, 4.69) is 6.07 Å². The van der Waals surface area contributed by atoms with Gasteiger partial charge in [-0.25, -0.2) is 9.59 Å². The van der Waals surface area contributed by atoms with Crippen LogP contribution < -0.4 is 0 Å². The zero-order valence-corrected chi connectivity index (χ0v) is 24.9. The minimum Gasteiger partial charge on any atom is -0.465 e. The van der Waals surface area contributed by atoms with E-state index in [9.17, 15) is 22.8 Å². The van der Waals surface area contributed by atoms with Crippen LogP contribution in [0.1, 0.15) is 84.5 Å². The predicted octanol–water partition coefficient (Wildman–Crippen LogP) is 7.61. The van der Waals surface area contributed by atoms with Gasteiger partial charge in [0.1, 0.15) is 5.60 Å². The maximum absolute atomic E-state index is 13.4. The second-order valence-corrected chi connectivity index (χ2v) is 12.8. The summed E-state index contributed by atoms with van der Waals surface area (Å²) in [5.74, 6) is -0.0852. The van der Waals surface area contributed by atoms with Gasteiger partial charge in [-0.05, 0) is 118 Å². The van der Waals surface area contributed by atoms with E-state index in [1.165, 1.54) is 23.1 Å². The van der Waals surface area contributed by atoms with Crippen LogP contribution >= 0.6 is 0 Å². The largest absolute Gasteiger partial charge is 0.465 e. The van der Waals surface area contributed by atoms with E-state index in [0.29, 0.717) is 30.9 Å². The first-order valence-electron chi connectivity index (χ1n) is 14.6. The normalized spacial score (nSPS) is 20.1. The highest BCUT2D eigenvalue weighted by Gasteiger charge is 2.38. The average molecular weight is 585 g/mol. The summed E-state index contributed by atoms with van der Waals surface area (Å²) in [5, 5.41) is 1.00. The average Bonchev–Trinajstić information content (AvgIpc) is 3.65. The molecule has 0 bridgehead atoms. The van der Waals surface area contributed by atoms with Crippen molar-refractivity contribution < 1.29 is 32.2 Å². The molecule has 0 N–H and O–H groups in total. The zero-order valence-electron chi connectivity index (χ0n) is 24.9. The summed E-state index contributed by atoms with van der Waals surface area (Å²) in [4.78, 5) is 26.6. The number of aryl methyl sites for hydroxylation is 1. The standard InChI is InChI=1S/C33H39F3N2O4/c1-20-16-26(21-6-7-21)27(25-13-15-38(29(20)25)31(40)42-32(2,3)4)17-24-12-14-37(19-33(34,35)36)18-28(24)22-8-10-23(11-9-22)30(39)41-5/h8-11,13,15-16,21,24,28H,6-7,12,14,17-19H2,1-5H3/t24-,28-/m0/s1. The van der Waals surface area contributed by atoms with Crippen LogP contribution in [0.15, 0.2) is 42.6 Å². The number of piperidine rings is 1. The summed E-state index contributed by atoms with van der Waals surface area (Å²) >= 11 is 0. The van der Waals surface area contributed by atoms with E-state index < -0.39 is 30.4 Å². The first-order chi connectivity index (χ1) is 19.7. The van der Waals surface area contributed by atoms with Gasteiger partial charge in [0, 0.05) is 18.1 Å². The van der Waals surface area contributed by atoms with Gasteiger partial charge in [0.25, 0.3) is 0 Å². The summed E-state index contributed by atoms with van der Waals surface area (Å²) < 4.78 is 52.3. The highest BCUT2D eigenvalue weighted by Crippen LogP contribution is 2.46. The Morgan fingerprint density at radius 3 is 2.31 bits per heavy atom. The number of benzene rings is 2. The highest BCUT2D eigenvalue weighted by molar-refractivity contribution is 5.94. The Hall–Kier alpha value is -3.33. The molecular formula is C33H39F3N2O4. The molecule has 2 fully saturated rings. The highest BCUT2D eigenvalue weighted by atomic mass is 19.4. The Bertz CT molecular complexity index is 1470.